The van der Waals surface area contributed by atoms with Crippen molar-refractivity contribution in [1.82, 2.24) is 10.3 Å². The molecule has 0 aliphatic heterocycles. The molecule has 0 atom stereocenters. The van der Waals surface area contributed by atoms with Crippen LogP contribution in [0.2, 0.25) is 0 Å². The Morgan fingerprint density at radius 2 is 2.44 bits per heavy atom. The monoisotopic (exact) mass is 256 g/mol. The predicted molar refractivity (Wildman–Crippen MR) is 75.4 cm³/mol. The first kappa shape index (κ1) is 13.7. The van der Waals surface area contributed by atoms with Crippen molar-refractivity contribution >= 4 is 23.1 Å². The van der Waals surface area contributed by atoms with Crippen molar-refractivity contribution in [3.63, 3.8) is 0 Å². The van der Waals surface area contributed by atoms with Gasteiger partial charge in [0.25, 0.3) is 0 Å². The van der Waals surface area contributed by atoms with E-state index >= 15 is 0 Å². The summed E-state index contributed by atoms with van der Waals surface area (Å²) in [7, 11) is 0. The number of hydrogen-bond acceptors (Lipinski definition) is 4. The molecule has 16 heavy (non-hydrogen) atoms. The topological polar surface area (TPSA) is 24.9 Å². The molecule has 0 amide bonds. The third-order valence-corrected chi connectivity index (χ3v) is 4.34. The third kappa shape index (κ3) is 5.14. The van der Waals surface area contributed by atoms with Gasteiger partial charge in [0.2, 0.25) is 0 Å². The van der Waals surface area contributed by atoms with Crippen LogP contribution in [0.3, 0.4) is 0 Å². The van der Waals surface area contributed by atoms with Crippen molar-refractivity contribution in [3.8, 4) is 0 Å². The van der Waals surface area contributed by atoms with Crippen LogP contribution in [0, 0.1) is 0 Å². The van der Waals surface area contributed by atoms with E-state index in [1.54, 1.807) is 0 Å². The van der Waals surface area contributed by atoms with Gasteiger partial charge in [-0.05, 0) is 5.92 Å². The van der Waals surface area contributed by atoms with Gasteiger partial charge in [-0.15, -0.1) is 17.9 Å². The van der Waals surface area contributed by atoms with Gasteiger partial charge in [0.15, 0.2) is 0 Å². The van der Waals surface area contributed by atoms with Gasteiger partial charge in [0.1, 0.15) is 5.01 Å². The Morgan fingerprint density at radius 1 is 1.62 bits per heavy atom. The van der Waals surface area contributed by atoms with Crippen LogP contribution in [-0.2, 0) is 6.54 Å². The zero-order valence-corrected chi connectivity index (χ0v) is 11.7. The lowest BCUT2D eigenvalue weighted by Crippen LogP contribution is -2.16. The number of rotatable bonds is 8. The van der Waals surface area contributed by atoms with Crippen LogP contribution >= 0.6 is 23.1 Å². The molecule has 0 bridgehead atoms. The van der Waals surface area contributed by atoms with Gasteiger partial charge in [-0.25, -0.2) is 4.98 Å². The quantitative estimate of drug-likeness (QED) is 0.571. The molecule has 90 valence electrons. The molecule has 2 nitrogen and oxygen atoms in total. The molecule has 0 aliphatic carbocycles. The maximum Gasteiger partial charge on any atom is 0.107 e. The Hall–Kier alpha value is -0.320. The van der Waals surface area contributed by atoms with Gasteiger partial charge in [0.05, 0.1) is 0 Å². The molecule has 4 heteroatoms. The minimum atomic E-state index is 0.592. The van der Waals surface area contributed by atoms with E-state index in [0.29, 0.717) is 5.92 Å². The second-order valence-corrected chi connectivity index (χ2v) is 6.15. The lowest BCUT2D eigenvalue weighted by atomic mass is 10.2. The molecule has 0 saturated carbocycles. The zero-order chi connectivity index (χ0) is 11.8. The van der Waals surface area contributed by atoms with Crippen LogP contribution in [-0.4, -0.2) is 23.0 Å². The standard InChI is InChI=1S/C12H20N2S2/c1-4-6-15-7-5-13-9-12-14-8-11(16-12)10(2)3/h4,8,10,13H,1,5-7,9H2,2-3H3. The van der Waals surface area contributed by atoms with Crippen molar-refractivity contribution in [2.75, 3.05) is 18.1 Å². The molecule has 1 heterocycles. The lowest BCUT2D eigenvalue weighted by Gasteiger charge is -2.01. The summed E-state index contributed by atoms with van der Waals surface area (Å²) in [6.45, 7) is 10.0. The number of thiazole rings is 1. The van der Waals surface area contributed by atoms with Crippen LogP contribution < -0.4 is 5.32 Å². The van der Waals surface area contributed by atoms with E-state index in [1.165, 1.54) is 9.88 Å². The number of nitrogens with zero attached hydrogens (tertiary/aromatic N) is 1. The normalized spacial score (nSPS) is 10.9. The molecular weight excluding hydrogens is 236 g/mol. The lowest BCUT2D eigenvalue weighted by molar-refractivity contribution is 0.728. The molecule has 1 N–H and O–H groups in total. The molecule has 0 radical (unpaired) electrons. The van der Waals surface area contributed by atoms with Crippen molar-refractivity contribution in [3.05, 3.63) is 28.7 Å². The molecule has 0 aliphatic rings. The van der Waals surface area contributed by atoms with Crippen molar-refractivity contribution in [2.45, 2.75) is 26.3 Å². The highest BCUT2D eigenvalue weighted by Gasteiger charge is 2.04. The summed E-state index contributed by atoms with van der Waals surface area (Å²) in [4.78, 5) is 5.78. The predicted octanol–water partition coefficient (Wildman–Crippen LogP) is 3.28. The highest BCUT2D eigenvalue weighted by Crippen LogP contribution is 2.21. The molecule has 0 spiro atoms. The maximum atomic E-state index is 4.40. The van der Waals surface area contributed by atoms with E-state index in [2.05, 4.69) is 30.7 Å². The van der Waals surface area contributed by atoms with Crippen molar-refractivity contribution in [1.29, 1.82) is 0 Å². The van der Waals surface area contributed by atoms with Gasteiger partial charge in [-0.1, -0.05) is 19.9 Å². The first-order valence-electron chi connectivity index (χ1n) is 5.58. The third-order valence-electron chi connectivity index (χ3n) is 2.08. The number of thioether (sulfide) groups is 1. The van der Waals surface area contributed by atoms with E-state index in [-0.39, 0.29) is 0 Å². The van der Waals surface area contributed by atoms with Gasteiger partial charge < -0.3 is 5.32 Å². The molecule has 0 aromatic carbocycles. The first-order valence-corrected chi connectivity index (χ1v) is 7.55. The molecule has 0 fully saturated rings. The second-order valence-electron chi connectivity index (χ2n) is 3.85. The summed E-state index contributed by atoms with van der Waals surface area (Å²) in [6.07, 6.45) is 3.94. The van der Waals surface area contributed by atoms with E-state index in [4.69, 9.17) is 0 Å². The molecule has 0 unspecified atom stereocenters. The molecule has 0 saturated heterocycles. The van der Waals surface area contributed by atoms with Gasteiger partial charge in [-0.2, -0.15) is 11.8 Å². The summed E-state index contributed by atoms with van der Waals surface area (Å²) in [6, 6.07) is 0. The summed E-state index contributed by atoms with van der Waals surface area (Å²) in [5, 5.41) is 4.60. The molecule has 1 rings (SSSR count). The van der Waals surface area contributed by atoms with Crippen LogP contribution in [0.4, 0.5) is 0 Å². The zero-order valence-electron chi connectivity index (χ0n) is 10.0. The smallest absolute Gasteiger partial charge is 0.107 e. The first-order chi connectivity index (χ1) is 7.74. The van der Waals surface area contributed by atoms with Gasteiger partial charge in [0, 0.05) is 35.7 Å². The van der Waals surface area contributed by atoms with Crippen LogP contribution in [0.15, 0.2) is 18.9 Å². The fourth-order valence-corrected chi connectivity index (χ4v) is 2.69. The Labute approximate surface area is 107 Å². The minimum Gasteiger partial charge on any atom is -0.310 e. The average molecular weight is 256 g/mol. The maximum absolute atomic E-state index is 4.40. The fraction of sp³-hybridized carbons (Fsp3) is 0.583. The van der Waals surface area contributed by atoms with Gasteiger partial charge >= 0.3 is 0 Å². The Balaban J connectivity index is 2.14. The summed E-state index contributed by atoms with van der Waals surface area (Å²) in [5.74, 6) is 2.76. The van der Waals surface area contributed by atoms with E-state index in [1.807, 2.05) is 35.4 Å². The molecule has 1 aromatic heterocycles. The van der Waals surface area contributed by atoms with Crippen molar-refractivity contribution in [2.24, 2.45) is 0 Å². The van der Waals surface area contributed by atoms with E-state index < -0.39 is 0 Å². The Morgan fingerprint density at radius 3 is 3.06 bits per heavy atom. The molecular formula is C12H20N2S2. The minimum absolute atomic E-state index is 0.592. The van der Waals surface area contributed by atoms with E-state index in [9.17, 15) is 0 Å². The highest BCUT2D eigenvalue weighted by atomic mass is 32.2. The fourth-order valence-electron chi connectivity index (χ4n) is 1.18. The summed E-state index contributed by atoms with van der Waals surface area (Å²) >= 11 is 3.71. The Bertz CT molecular complexity index is 308. The molecule has 1 aromatic rings. The van der Waals surface area contributed by atoms with Crippen LogP contribution in [0.1, 0.15) is 29.7 Å². The summed E-state index contributed by atoms with van der Waals surface area (Å²) in [5.41, 5.74) is 0. The van der Waals surface area contributed by atoms with Crippen molar-refractivity contribution < 1.29 is 0 Å². The number of hydrogen-bond donors (Lipinski definition) is 1. The Kier molecular flexibility index (Phi) is 6.76. The SMILES string of the molecule is C=CCSCCNCc1ncc(C(C)C)s1. The van der Waals surface area contributed by atoms with E-state index in [0.717, 1.165) is 24.6 Å². The van der Waals surface area contributed by atoms with Gasteiger partial charge in [-0.3, -0.25) is 0 Å². The average Bonchev–Trinajstić information content (AvgIpc) is 2.72. The number of nitrogens with one attached hydrogen (secondary N) is 1. The number of aromatic nitrogens is 1. The van der Waals surface area contributed by atoms with Crippen LogP contribution in [0.25, 0.3) is 0 Å². The largest absolute Gasteiger partial charge is 0.310 e. The highest BCUT2D eigenvalue weighted by molar-refractivity contribution is 7.99. The summed E-state index contributed by atoms with van der Waals surface area (Å²) < 4.78 is 0. The van der Waals surface area contributed by atoms with Crippen LogP contribution in [0.5, 0.6) is 0 Å². The second kappa shape index (κ2) is 7.87.